The van der Waals surface area contributed by atoms with Crippen molar-refractivity contribution in [3.05, 3.63) is 11.9 Å². The lowest BCUT2D eigenvalue weighted by atomic mass is 10.0. The average molecular weight is 246 g/mol. The zero-order chi connectivity index (χ0) is 12.7. The molecule has 18 heavy (non-hydrogen) atoms. The molecule has 98 valence electrons. The summed E-state index contributed by atoms with van der Waals surface area (Å²) in [6.45, 7) is 4.28. The largest absolute Gasteiger partial charge is 0.383 e. The number of anilines is 2. The zero-order valence-corrected chi connectivity index (χ0v) is 11.2. The molecule has 0 amide bonds. The number of aromatic nitrogens is 2. The van der Waals surface area contributed by atoms with Crippen molar-refractivity contribution < 1.29 is 0 Å². The molecule has 3 N–H and O–H groups in total. The molecule has 2 fully saturated rings. The monoisotopic (exact) mass is 246 g/mol. The summed E-state index contributed by atoms with van der Waals surface area (Å²) >= 11 is 0. The summed E-state index contributed by atoms with van der Waals surface area (Å²) in [6, 6.07) is 0.608. The van der Waals surface area contributed by atoms with Crippen molar-refractivity contribution in [2.24, 2.45) is 11.8 Å². The number of nitrogens with one attached hydrogen (secondary N) is 1. The first kappa shape index (κ1) is 11.8. The molecule has 0 unspecified atom stereocenters. The second-order valence-corrected chi connectivity index (χ2v) is 6.02. The summed E-state index contributed by atoms with van der Waals surface area (Å²) in [4.78, 5) is 8.53. The van der Waals surface area contributed by atoms with Gasteiger partial charge >= 0.3 is 0 Å². The summed E-state index contributed by atoms with van der Waals surface area (Å²) in [5.41, 5.74) is 7.06. The molecule has 1 aromatic rings. The van der Waals surface area contributed by atoms with E-state index in [-0.39, 0.29) is 0 Å². The van der Waals surface area contributed by atoms with Gasteiger partial charge in [-0.05, 0) is 43.4 Å². The minimum atomic E-state index is 0.354. The van der Waals surface area contributed by atoms with Crippen LogP contribution in [0.4, 0.5) is 11.6 Å². The molecule has 1 heterocycles. The minimum Gasteiger partial charge on any atom is -0.383 e. The zero-order valence-electron chi connectivity index (χ0n) is 11.2. The topological polar surface area (TPSA) is 63.8 Å². The molecule has 4 nitrogen and oxygen atoms in total. The Labute approximate surface area is 108 Å². The highest BCUT2D eigenvalue weighted by Gasteiger charge is 2.41. The van der Waals surface area contributed by atoms with Gasteiger partial charge in [0.15, 0.2) is 0 Å². The summed E-state index contributed by atoms with van der Waals surface area (Å²) < 4.78 is 0. The first-order chi connectivity index (χ1) is 8.66. The minimum absolute atomic E-state index is 0.354. The van der Waals surface area contributed by atoms with Crippen LogP contribution >= 0.6 is 0 Å². The highest BCUT2D eigenvalue weighted by Crippen LogP contribution is 2.46. The van der Waals surface area contributed by atoms with Crippen LogP contribution < -0.4 is 11.1 Å². The molecule has 2 saturated carbocycles. The number of hydrogen-bond acceptors (Lipinski definition) is 4. The van der Waals surface area contributed by atoms with E-state index in [4.69, 9.17) is 5.73 Å². The fraction of sp³-hybridized carbons (Fsp3) is 0.714. The number of rotatable bonds is 5. The maximum Gasteiger partial charge on any atom is 0.135 e. The quantitative estimate of drug-likeness (QED) is 0.838. The summed E-state index contributed by atoms with van der Waals surface area (Å²) in [7, 11) is 0. The van der Waals surface area contributed by atoms with E-state index in [0.717, 1.165) is 23.2 Å². The van der Waals surface area contributed by atoms with E-state index < -0.39 is 0 Å². The normalized spacial score (nSPS) is 19.6. The molecule has 0 bridgehead atoms. The highest BCUT2D eigenvalue weighted by atomic mass is 15.1. The maximum absolute atomic E-state index is 5.99. The lowest BCUT2D eigenvalue weighted by Crippen LogP contribution is -2.26. The Morgan fingerprint density at radius 2 is 1.78 bits per heavy atom. The van der Waals surface area contributed by atoms with E-state index in [1.807, 2.05) is 0 Å². The maximum atomic E-state index is 5.99. The summed E-state index contributed by atoms with van der Waals surface area (Å²) in [5, 5.41) is 3.66. The van der Waals surface area contributed by atoms with Gasteiger partial charge in [0.1, 0.15) is 18.0 Å². The average Bonchev–Trinajstić information content (AvgIpc) is 3.17. The van der Waals surface area contributed by atoms with Crippen LogP contribution in [0, 0.1) is 11.8 Å². The molecule has 0 aliphatic heterocycles. The Bertz CT molecular complexity index is 423. The summed E-state index contributed by atoms with van der Waals surface area (Å²) in [6.07, 6.45) is 7.04. The van der Waals surface area contributed by atoms with Gasteiger partial charge in [0.25, 0.3) is 0 Å². The SMILES string of the molecule is CC(C)c1c(N)ncnc1NC(C1CC1)C1CC1. The Kier molecular flexibility index (Phi) is 2.88. The van der Waals surface area contributed by atoms with E-state index in [2.05, 4.69) is 29.1 Å². The van der Waals surface area contributed by atoms with E-state index in [0.29, 0.717) is 17.8 Å². The molecule has 1 aromatic heterocycles. The van der Waals surface area contributed by atoms with Crippen LogP contribution in [0.25, 0.3) is 0 Å². The molecule has 4 heteroatoms. The van der Waals surface area contributed by atoms with Crippen molar-refractivity contribution in [1.29, 1.82) is 0 Å². The molecule has 0 aromatic carbocycles. The standard InChI is InChI=1S/C14H22N4/c1-8(2)11-13(15)16-7-17-14(11)18-12(9-3-4-9)10-5-6-10/h7-10,12H,3-6H2,1-2H3,(H3,15,16,17,18). The molecule has 3 rings (SSSR count). The van der Waals surface area contributed by atoms with Crippen LogP contribution in [0.2, 0.25) is 0 Å². The molecule has 0 saturated heterocycles. The predicted octanol–water partition coefficient (Wildman–Crippen LogP) is 2.78. The second-order valence-electron chi connectivity index (χ2n) is 6.02. The fourth-order valence-corrected chi connectivity index (χ4v) is 2.78. The lowest BCUT2D eigenvalue weighted by Gasteiger charge is -2.22. The highest BCUT2D eigenvalue weighted by molar-refractivity contribution is 5.57. The Morgan fingerprint density at radius 1 is 1.17 bits per heavy atom. The molecule has 2 aliphatic rings. The first-order valence-corrected chi connectivity index (χ1v) is 7.03. The van der Waals surface area contributed by atoms with E-state index in [1.54, 1.807) is 6.33 Å². The Hall–Kier alpha value is -1.32. The molecule has 0 spiro atoms. The van der Waals surface area contributed by atoms with Gasteiger partial charge in [-0.25, -0.2) is 9.97 Å². The van der Waals surface area contributed by atoms with Crippen molar-refractivity contribution in [2.45, 2.75) is 51.5 Å². The number of nitrogen functional groups attached to an aromatic ring is 1. The fourth-order valence-electron chi connectivity index (χ4n) is 2.78. The third kappa shape index (κ3) is 2.28. The third-order valence-corrected chi connectivity index (χ3v) is 4.06. The van der Waals surface area contributed by atoms with Crippen LogP contribution in [0.3, 0.4) is 0 Å². The van der Waals surface area contributed by atoms with Crippen molar-refractivity contribution >= 4 is 11.6 Å². The van der Waals surface area contributed by atoms with Crippen LogP contribution in [0.5, 0.6) is 0 Å². The van der Waals surface area contributed by atoms with Gasteiger partial charge in [0, 0.05) is 11.6 Å². The van der Waals surface area contributed by atoms with Gasteiger partial charge < -0.3 is 11.1 Å². The number of hydrogen-bond donors (Lipinski definition) is 2. The molecule has 0 radical (unpaired) electrons. The first-order valence-electron chi connectivity index (χ1n) is 7.03. The molecular formula is C14H22N4. The van der Waals surface area contributed by atoms with Crippen molar-refractivity contribution in [2.75, 3.05) is 11.1 Å². The smallest absolute Gasteiger partial charge is 0.135 e. The van der Waals surface area contributed by atoms with Crippen LogP contribution in [-0.2, 0) is 0 Å². The van der Waals surface area contributed by atoms with Crippen LogP contribution in [0.1, 0.15) is 51.0 Å². The van der Waals surface area contributed by atoms with Crippen LogP contribution in [-0.4, -0.2) is 16.0 Å². The second kappa shape index (κ2) is 4.41. The van der Waals surface area contributed by atoms with Crippen LogP contribution in [0.15, 0.2) is 6.33 Å². The Balaban J connectivity index is 1.84. The molecule has 2 aliphatic carbocycles. The van der Waals surface area contributed by atoms with Crippen molar-refractivity contribution in [3.63, 3.8) is 0 Å². The van der Waals surface area contributed by atoms with E-state index in [9.17, 15) is 0 Å². The van der Waals surface area contributed by atoms with Gasteiger partial charge in [-0.2, -0.15) is 0 Å². The van der Waals surface area contributed by atoms with Gasteiger partial charge in [0.2, 0.25) is 0 Å². The van der Waals surface area contributed by atoms with Gasteiger partial charge in [-0.3, -0.25) is 0 Å². The number of nitrogens with two attached hydrogens (primary N) is 1. The Morgan fingerprint density at radius 3 is 2.28 bits per heavy atom. The van der Waals surface area contributed by atoms with Gasteiger partial charge in [0.05, 0.1) is 0 Å². The predicted molar refractivity (Wildman–Crippen MR) is 73.4 cm³/mol. The van der Waals surface area contributed by atoms with Crippen molar-refractivity contribution in [1.82, 2.24) is 9.97 Å². The van der Waals surface area contributed by atoms with E-state index in [1.165, 1.54) is 25.7 Å². The third-order valence-electron chi connectivity index (χ3n) is 4.06. The van der Waals surface area contributed by atoms with Crippen molar-refractivity contribution in [3.8, 4) is 0 Å². The lowest BCUT2D eigenvalue weighted by molar-refractivity contribution is 0.564. The molecule has 0 atom stereocenters. The summed E-state index contributed by atoms with van der Waals surface area (Å²) in [5.74, 6) is 3.64. The number of nitrogens with zero attached hydrogens (tertiary/aromatic N) is 2. The van der Waals surface area contributed by atoms with Gasteiger partial charge in [-0.15, -0.1) is 0 Å². The molecular weight excluding hydrogens is 224 g/mol. The van der Waals surface area contributed by atoms with Gasteiger partial charge in [-0.1, -0.05) is 13.8 Å². The van der Waals surface area contributed by atoms with E-state index >= 15 is 0 Å².